The molecule has 8 rings (SSSR count). The molecule has 0 aromatic heterocycles. The van der Waals surface area contributed by atoms with Crippen molar-refractivity contribution >= 4 is 34.5 Å². The first-order valence-corrected chi connectivity index (χ1v) is 23.4. The number of carbonyl (C=O) groups excluding carboxylic acids is 4. The lowest BCUT2D eigenvalue weighted by molar-refractivity contribution is 0.0724. The number of ether oxygens (including phenoxy) is 5. The van der Waals surface area contributed by atoms with Gasteiger partial charge >= 0.3 is 17.9 Å². The Morgan fingerprint density at radius 3 is 1.00 bits per heavy atom. The molecule has 0 saturated heterocycles. The molecule has 0 aliphatic carbocycles. The van der Waals surface area contributed by atoms with Crippen LogP contribution in [0.2, 0.25) is 0 Å². The average molecular weight is 945 g/mol. The first-order chi connectivity index (χ1) is 33.8. The normalized spacial score (nSPS) is 11.5. The Kier molecular flexibility index (Phi) is 13.8. The third-order valence-corrected chi connectivity index (χ3v) is 13.3. The van der Waals surface area contributed by atoms with Crippen LogP contribution in [0.4, 0.5) is 0 Å². The van der Waals surface area contributed by atoms with Gasteiger partial charge in [0.2, 0.25) is 0 Å². The van der Waals surface area contributed by atoms with Gasteiger partial charge in [0.25, 0.3) is 0 Å². The Labute approximate surface area is 415 Å². The predicted octanol–water partition coefficient (Wildman–Crippen LogP) is 14.4. The number of hydrogen-bond donors (Lipinski definition) is 0. The summed E-state index contributed by atoms with van der Waals surface area (Å²) in [4.78, 5) is 51.7. The van der Waals surface area contributed by atoms with E-state index in [9.17, 15) is 19.2 Å². The second-order valence-corrected chi connectivity index (χ2v) is 19.0. The summed E-state index contributed by atoms with van der Waals surface area (Å²) < 4.78 is 29.0. The molecule has 9 nitrogen and oxygen atoms in total. The van der Waals surface area contributed by atoms with Crippen LogP contribution in [0.3, 0.4) is 0 Å². The minimum atomic E-state index is -0.503. The molecule has 9 heteroatoms. The highest BCUT2D eigenvalue weighted by molar-refractivity contribution is 6.00. The molecule has 0 aliphatic heterocycles. The van der Waals surface area contributed by atoms with Crippen molar-refractivity contribution in [1.82, 2.24) is 0 Å². The van der Waals surface area contributed by atoms with Gasteiger partial charge in [-0.05, 0) is 187 Å². The van der Waals surface area contributed by atoms with E-state index in [1.807, 2.05) is 76.2 Å². The summed E-state index contributed by atoms with van der Waals surface area (Å²) in [5.74, 6) is 1.84. The fourth-order valence-corrected chi connectivity index (χ4v) is 8.59. The van der Waals surface area contributed by atoms with Crippen LogP contribution in [0.1, 0.15) is 121 Å². The standard InChI is InChI=1S/C62H56O9/c1-37-31-48(19-27-54(37)67-10)61(6,7)49-21-29-56(39(3)33-49)70-59(65)46-13-11-45-36-47(14-12-44(45)35-46)60(66)71-57-30-22-51(34-40(57)4)62(8,9)50-20-28-55(38(2)32-50)69-58(64)43-17-25-53(26-18-43)68-52-23-15-42(16-24-52)41(5)63/h11-36H,1-10H3. The Balaban J connectivity index is 0.877. The summed E-state index contributed by atoms with van der Waals surface area (Å²) in [6.45, 7) is 17.9. The van der Waals surface area contributed by atoms with E-state index in [0.29, 0.717) is 51.0 Å². The number of esters is 3. The molecule has 8 aromatic rings. The molecule has 0 bridgehead atoms. The molecule has 358 valence electrons. The number of methoxy groups -OCH3 is 1. The zero-order valence-electron chi connectivity index (χ0n) is 41.7. The van der Waals surface area contributed by atoms with Crippen molar-refractivity contribution in [3.63, 3.8) is 0 Å². The molecule has 0 spiro atoms. The van der Waals surface area contributed by atoms with Gasteiger partial charge in [0.15, 0.2) is 5.78 Å². The molecule has 71 heavy (non-hydrogen) atoms. The highest BCUT2D eigenvalue weighted by Crippen LogP contribution is 2.38. The number of benzene rings is 8. The third kappa shape index (κ3) is 10.6. The van der Waals surface area contributed by atoms with Crippen molar-refractivity contribution in [2.75, 3.05) is 7.11 Å². The number of Topliss-reactive ketones (excluding diaryl/α,β-unsaturated/α-hetero) is 1. The van der Waals surface area contributed by atoms with Gasteiger partial charge in [0.1, 0.15) is 34.5 Å². The van der Waals surface area contributed by atoms with Crippen molar-refractivity contribution in [2.24, 2.45) is 0 Å². The minimum Gasteiger partial charge on any atom is -0.496 e. The van der Waals surface area contributed by atoms with Crippen LogP contribution >= 0.6 is 0 Å². The Morgan fingerprint density at radius 2 is 0.676 bits per heavy atom. The molecule has 0 radical (unpaired) electrons. The topological polar surface area (TPSA) is 114 Å². The summed E-state index contributed by atoms with van der Waals surface area (Å²) in [5.41, 5.74) is 8.74. The first-order valence-electron chi connectivity index (χ1n) is 23.4. The van der Waals surface area contributed by atoms with Crippen LogP contribution in [-0.2, 0) is 10.8 Å². The maximum atomic E-state index is 13.5. The van der Waals surface area contributed by atoms with Gasteiger partial charge < -0.3 is 23.7 Å². The summed E-state index contributed by atoms with van der Waals surface area (Å²) >= 11 is 0. The molecule has 8 aromatic carbocycles. The monoisotopic (exact) mass is 944 g/mol. The maximum absolute atomic E-state index is 13.5. The van der Waals surface area contributed by atoms with Crippen molar-refractivity contribution in [1.29, 1.82) is 0 Å². The lowest BCUT2D eigenvalue weighted by Crippen LogP contribution is -2.20. The van der Waals surface area contributed by atoms with Crippen LogP contribution in [-0.4, -0.2) is 30.8 Å². The van der Waals surface area contributed by atoms with Crippen LogP contribution in [0, 0.1) is 27.7 Å². The molecule has 0 heterocycles. The number of aryl methyl sites for hydroxylation is 4. The van der Waals surface area contributed by atoms with Crippen LogP contribution < -0.4 is 23.7 Å². The summed E-state index contributed by atoms with van der Waals surface area (Å²) in [6.07, 6.45) is 0. The molecule has 0 saturated carbocycles. The van der Waals surface area contributed by atoms with Crippen LogP contribution in [0.5, 0.6) is 34.5 Å². The lowest BCUT2D eigenvalue weighted by Gasteiger charge is -2.27. The fourth-order valence-electron chi connectivity index (χ4n) is 8.59. The van der Waals surface area contributed by atoms with Gasteiger partial charge in [-0.25, -0.2) is 14.4 Å². The van der Waals surface area contributed by atoms with Crippen molar-refractivity contribution in [3.05, 3.63) is 224 Å². The first kappa shape index (κ1) is 49.1. The SMILES string of the molecule is COc1ccc(C(C)(C)c2ccc(OC(=O)c3ccc4cc(C(=O)Oc5ccc(C(C)(C)c6ccc(OC(=O)c7ccc(Oc8ccc(C(C)=O)cc8)cc7)c(C)c6)cc5C)ccc4c3)c(C)c2)cc1C. The maximum Gasteiger partial charge on any atom is 0.343 e. The van der Waals surface area contributed by atoms with Crippen LogP contribution in [0.25, 0.3) is 10.8 Å². The molecular formula is C62H56O9. The lowest BCUT2D eigenvalue weighted by atomic mass is 9.77. The highest BCUT2D eigenvalue weighted by atomic mass is 16.5. The Bertz CT molecular complexity index is 3360. The molecule has 0 fully saturated rings. The van der Waals surface area contributed by atoms with E-state index in [-0.39, 0.29) is 11.2 Å². The smallest absolute Gasteiger partial charge is 0.343 e. The number of hydrogen-bond acceptors (Lipinski definition) is 9. The van der Waals surface area contributed by atoms with E-state index in [2.05, 4.69) is 45.9 Å². The van der Waals surface area contributed by atoms with Gasteiger partial charge in [-0.15, -0.1) is 0 Å². The quantitative estimate of drug-likeness (QED) is 0.0597. The number of fused-ring (bicyclic) bond motifs is 1. The minimum absolute atomic E-state index is 0.0222. The zero-order chi connectivity index (χ0) is 50.8. The summed E-state index contributed by atoms with van der Waals surface area (Å²) in [7, 11) is 1.67. The van der Waals surface area contributed by atoms with E-state index in [1.165, 1.54) is 6.92 Å². The summed E-state index contributed by atoms with van der Waals surface area (Å²) in [6, 6.07) is 47.7. The largest absolute Gasteiger partial charge is 0.496 e. The summed E-state index contributed by atoms with van der Waals surface area (Å²) in [5, 5.41) is 1.55. The van der Waals surface area contributed by atoms with Crippen molar-refractivity contribution < 1.29 is 42.9 Å². The van der Waals surface area contributed by atoms with Crippen LogP contribution in [0.15, 0.2) is 158 Å². The van der Waals surface area contributed by atoms with Gasteiger partial charge in [0.05, 0.1) is 23.8 Å². The van der Waals surface area contributed by atoms with Gasteiger partial charge in [-0.3, -0.25) is 4.79 Å². The second kappa shape index (κ2) is 20.0. The molecule has 0 N–H and O–H groups in total. The molecule has 0 atom stereocenters. The predicted molar refractivity (Wildman–Crippen MR) is 277 cm³/mol. The second-order valence-electron chi connectivity index (χ2n) is 19.0. The van der Waals surface area contributed by atoms with E-state index in [0.717, 1.165) is 61.0 Å². The van der Waals surface area contributed by atoms with Crippen molar-refractivity contribution in [3.8, 4) is 34.5 Å². The molecular weight excluding hydrogens is 889 g/mol. The number of carbonyl (C=O) groups is 4. The van der Waals surface area contributed by atoms with Gasteiger partial charge in [-0.2, -0.15) is 0 Å². The number of rotatable bonds is 14. The molecule has 0 aliphatic rings. The fraction of sp³-hybridized carbons (Fsp3) is 0.194. The van der Waals surface area contributed by atoms with E-state index in [4.69, 9.17) is 23.7 Å². The number of ketones is 1. The zero-order valence-corrected chi connectivity index (χ0v) is 41.7. The molecule has 0 unspecified atom stereocenters. The average Bonchev–Trinajstić information content (AvgIpc) is 3.35. The highest BCUT2D eigenvalue weighted by Gasteiger charge is 2.27. The van der Waals surface area contributed by atoms with E-state index in [1.54, 1.807) is 98.1 Å². The molecule has 0 amide bonds. The Morgan fingerprint density at radius 1 is 0.366 bits per heavy atom. The van der Waals surface area contributed by atoms with Gasteiger partial charge in [0, 0.05) is 16.4 Å². The van der Waals surface area contributed by atoms with E-state index < -0.39 is 23.3 Å². The Hall–Kier alpha value is -8.30. The van der Waals surface area contributed by atoms with E-state index >= 15 is 0 Å². The third-order valence-electron chi connectivity index (χ3n) is 13.3. The van der Waals surface area contributed by atoms with Crippen molar-refractivity contribution in [2.45, 2.75) is 73.1 Å². The van der Waals surface area contributed by atoms with Gasteiger partial charge in [-0.1, -0.05) is 88.4 Å².